The highest BCUT2D eigenvalue weighted by molar-refractivity contribution is 5.66. The van der Waals surface area contributed by atoms with Gasteiger partial charge in [0.15, 0.2) is 0 Å². The van der Waals surface area contributed by atoms with E-state index in [0.717, 1.165) is 22.3 Å². The molecule has 0 bridgehead atoms. The second-order valence-electron chi connectivity index (χ2n) is 7.96. The lowest BCUT2D eigenvalue weighted by molar-refractivity contribution is 1.57. The molecule has 0 heteroatoms. The Kier molecular flexibility index (Phi) is 6.34. The van der Waals surface area contributed by atoms with Gasteiger partial charge < -0.3 is 0 Å². The van der Waals surface area contributed by atoms with E-state index >= 15 is 0 Å². The first kappa shape index (κ1) is 21.1. The first-order valence-electron chi connectivity index (χ1n) is 11.3. The van der Waals surface area contributed by atoms with Crippen molar-refractivity contribution < 1.29 is 0 Å². The molecule has 0 fully saturated rings. The quantitative estimate of drug-likeness (QED) is 0.250. The summed E-state index contributed by atoms with van der Waals surface area (Å²) >= 11 is 0. The standard InChI is InChI=1S/C34H22/c1-3-7-27(8-4-1)11-12-28-17-23-33(24-18-28)34-25-19-30(20-26-34)14-13-29-15-21-32(22-16-29)31-9-5-2-6-10-31/h1-10,15-26H. The smallest absolute Gasteiger partial charge is 0.0249 e. The molecule has 0 atom stereocenters. The predicted molar refractivity (Wildman–Crippen MR) is 142 cm³/mol. The molecular weight excluding hydrogens is 408 g/mol. The summed E-state index contributed by atoms with van der Waals surface area (Å²) in [4.78, 5) is 0. The molecule has 0 aliphatic heterocycles. The Bertz CT molecular complexity index is 1480. The molecule has 158 valence electrons. The van der Waals surface area contributed by atoms with Gasteiger partial charge in [-0.05, 0) is 70.8 Å². The van der Waals surface area contributed by atoms with Gasteiger partial charge >= 0.3 is 0 Å². The molecule has 5 aromatic carbocycles. The van der Waals surface area contributed by atoms with E-state index in [4.69, 9.17) is 0 Å². The summed E-state index contributed by atoms with van der Waals surface area (Å²) in [5.41, 5.74) is 8.80. The van der Waals surface area contributed by atoms with Crippen LogP contribution in [0.4, 0.5) is 0 Å². The fourth-order valence-corrected chi connectivity index (χ4v) is 3.68. The van der Waals surface area contributed by atoms with E-state index in [1.165, 1.54) is 22.3 Å². The van der Waals surface area contributed by atoms with Gasteiger partial charge in [0.2, 0.25) is 0 Å². The Balaban J connectivity index is 1.26. The van der Waals surface area contributed by atoms with E-state index in [1.54, 1.807) is 0 Å². The largest absolute Gasteiger partial charge is 0.0622 e. The third-order valence-corrected chi connectivity index (χ3v) is 5.57. The van der Waals surface area contributed by atoms with Crippen LogP contribution in [0, 0.1) is 23.7 Å². The van der Waals surface area contributed by atoms with Crippen molar-refractivity contribution in [1.82, 2.24) is 0 Å². The van der Waals surface area contributed by atoms with E-state index in [2.05, 4.69) is 121 Å². The highest BCUT2D eigenvalue weighted by Gasteiger charge is 1.99. The van der Waals surface area contributed by atoms with Gasteiger partial charge in [-0.2, -0.15) is 0 Å². The van der Waals surface area contributed by atoms with Gasteiger partial charge in [0.1, 0.15) is 0 Å². The van der Waals surface area contributed by atoms with Crippen LogP contribution in [0.2, 0.25) is 0 Å². The third-order valence-electron chi connectivity index (χ3n) is 5.57. The molecule has 0 N–H and O–H groups in total. The van der Waals surface area contributed by atoms with Gasteiger partial charge in [0.05, 0.1) is 0 Å². The third kappa shape index (κ3) is 5.34. The van der Waals surface area contributed by atoms with Crippen molar-refractivity contribution in [3.8, 4) is 45.9 Å². The average molecular weight is 431 g/mol. The fraction of sp³-hybridized carbons (Fsp3) is 0. The normalized spacial score (nSPS) is 9.88. The maximum Gasteiger partial charge on any atom is 0.0249 e. The molecule has 5 rings (SSSR count). The molecule has 0 heterocycles. The van der Waals surface area contributed by atoms with Crippen LogP contribution in [0.3, 0.4) is 0 Å². The predicted octanol–water partition coefficient (Wildman–Crippen LogP) is 7.82. The van der Waals surface area contributed by atoms with Crippen LogP contribution in [0.25, 0.3) is 22.3 Å². The fourth-order valence-electron chi connectivity index (χ4n) is 3.68. The Morgan fingerprint density at radius 1 is 0.235 bits per heavy atom. The van der Waals surface area contributed by atoms with Crippen molar-refractivity contribution in [2.75, 3.05) is 0 Å². The van der Waals surface area contributed by atoms with Gasteiger partial charge in [0.25, 0.3) is 0 Å². The molecule has 0 saturated carbocycles. The second kappa shape index (κ2) is 10.2. The van der Waals surface area contributed by atoms with E-state index < -0.39 is 0 Å². The lowest BCUT2D eigenvalue weighted by atomic mass is 10.0. The monoisotopic (exact) mass is 430 g/mol. The van der Waals surface area contributed by atoms with Gasteiger partial charge in [0, 0.05) is 22.3 Å². The lowest BCUT2D eigenvalue weighted by Gasteiger charge is -2.02. The summed E-state index contributed by atoms with van der Waals surface area (Å²) in [5.74, 6) is 13.0. The topological polar surface area (TPSA) is 0 Å². The van der Waals surface area contributed by atoms with Crippen LogP contribution in [-0.4, -0.2) is 0 Å². The van der Waals surface area contributed by atoms with Gasteiger partial charge in [-0.1, -0.05) is 109 Å². The zero-order valence-electron chi connectivity index (χ0n) is 18.7. The number of rotatable bonds is 2. The molecule has 0 radical (unpaired) electrons. The SMILES string of the molecule is C(#Cc1ccc(-c2ccc(C#Cc3ccc(-c4ccccc4)cc3)cc2)cc1)c1ccccc1. The molecule has 0 nitrogen and oxygen atoms in total. The van der Waals surface area contributed by atoms with E-state index in [9.17, 15) is 0 Å². The Labute approximate surface area is 201 Å². The maximum atomic E-state index is 3.27. The minimum Gasteiger partial charge on any atom is -0.0622 e. The Morgan fingerprint density at radius 2 is 0.500 bits per heavy atom. The zero-order chi connectivity index (χ0) is 23.0. The summed E-state index contributed by atoms with van der Waals surface area (Å²) in [6, 6.07) is 45.6. The van der Waals surface area contributed by atoms with Crippen molar-refractivity contribution >= 4 is 0 Å². The summed E-state index contributed by atoms with van der Waals surface area (Å²) in [6.07, 6.45) is 0. The van der Waals surface area contributed by atoms with Gasteiger partial charge in [-0.3, -0.25) is 0 Å². The average Bonchev–Trinajstić information content (AvgIpc) is 2.93. The first-order chi connectivity index (χ1) is 16.8. The van der Waals surface area contributed by atoms with Crippen LogP contribution in [0.5, 0.6) is 0 Å². The molecule has 0 aliphatic rings. The second-order valence-corrected chi connectivity index (χ2v) is 7.96. The minimum absolute atomic E-state index is 1.00. The molecule has 0 spiro atoms. The van der Waals surface area contributed by atoms with Gasteiger partial charge in [-0.25, -0.2) is 0 Å². The summed E-state index contributed by atoms with van der Waals surface area (Å²) in [7, 11) is 0. The molecule has 0 amide bonds. The van der Waals surface area contributed by atoms with Crippen LogP contribution >= 0.6 is 0 Å². The van der Waals surface area contributed by atoms with Crippen molar-refractivity contribution in [3.63, 3.8) is 0 Å². The highest BCUT2D eigenvalue weighted by atomic mass is 14.0. The minimum atomic E-state index is 1.00. The van der Waals surface area contributed by atoms with Crippen LogP contribution < -0.4 is 0 Å². The van der Waals surface area contributed by atoms with Crippen LogP contribution in [0.1, 0.15) is 22.3 Å². The van der Waals surface area contributed by atoms with E-state index in [0.29, 0.717) is 0 Å². The van der Waals surface area contributed by atoms with Crippen molar-refractivity contribution in [3.05, 3.63) is 156 Å². The van der Waals surface area contributed by atoms with Crippen molar-refractivity contribution in [2.45, 2.75) is 0 Å². The molecule has 5 aromatic rings. The highest BCUT2D eigenvalue weighted by Crippen LogP contribution is 2.21. The summed E-state index contributed by atoms with van der Waals surface area (Å²) < 4.78 is 0. The van der Waals surface area contributed by atoms with E-state index in [-0.39, 0.29) is 0 Å². The Morgan fingerprint density at radius 3 is 0.853 bits per heavy atom. The number of hydrogen-bond donors (Lipinski definition) is 0. The molecule has 0 aromatic heterocycles. The zero-order valence-corrected chi connectivity index (χ0v) is 18.7. The Hall–Kier alpha value is -4.78. The molecule has 0 unspecified atom stereocenters. The molecule has 0 aliphatic carbocycles. The molecule has 0 saturated heterocycles. The van der Waals surface area contributed by atoms with Crippen LogP contribution in [0.15, 0.2) is 133 Å². The lowest BCUT2D eigenvalue weighted by Crippen LogP contribution is -1.82. The van der Waals surface area contributed by atoms with Gasteiger partial charge in [-0.15, -0.1) is 0 Å². The van der Waals surface area contributed by atoms with Crippen molar-refractivity contribution in [2.24, 2.45) is 0 Å². The number of hydrogen-bond acceptors (Lipinski definition) is 0. The molecule has 34 heavy (non-hydrogen) atoms. The summed E-state index contributed by atoms with van der Waals surface area (Å²) in [6.45, 7) is 0. The maximum absolute atomic E-state index is 3.27. The summed E-state index contributed by atoms with van der Waals surface area (Å²) in [5, 5.41) is 0. The van der Waals surface area contributed by atoms with Crippen LogP contribution in [-0.2, 0) is 0 Å². The number of benzene rings is 5. The van der Waals surface area contributed by atoms with E-state index in [1.807, 2.05) is 36.4 Å². The molecular formula is C34H22. The van der Waals surface area contributed by atoms with Crippen molar-refractivity contribution in [1.29, 1.82) is 0 Å². The first-order valence-corrected chi connectivity index (χ1v) is 11.3.